The normalized spacial score (nSPS) is 18.3. The molecule has 1 fully saturated rings. The number of carboxylic acid groups (broad SMARTS) is 1. The van der Waals surface area contributed by atoms with Crippen molar-refractivity contribution >= 4 is 31.9 Å². The highest BCUT2D eigenvalue weighted by Crippen LogP contribution is 2.34. The van der Waals surface area contributed by atoms with E-state index in [4.69, 9.17) is 5.11 Å². The molecule has 0 aromatic heterocycles. The van der Waals surface area contributed by atoms with E-state index in [0.717, 1.165) is 10.4 Å². The van der Waals surface area contributed by atoms with Crippen LogP contribution in [0.3, 0.4) is 0 Å². The zero-order chi connectivity index (χ0) is 15.9. The Morgan fingerprint density at radius 3 is 2.48 bits per heavy atom. The van der Waals surface area contributed by atoms with Crippen molar-refractivity contribution in [3.05, 3.63) is 28.2 Å². The van der Waals surface area contributed by atoms with Crippen LogP contribution in [0.15, 0.2) is 21.5 Å². The first-order chi connectivity index (χ1) is 9.64. The molecule has 21 heavy (non-hydrogen) atoms. The van der Waals surface area contributed by atoms with E-state index in [2.05, 4.69) is 15.9 Å². The lowest BCUT2D eigenvalue weighted by molar-refractivity contribution is -0.144. The molecule has 2 rings (SSSR count). The molecule has 0 bridgehead atoms. The largest absolute Gasteiger partial charge is 0.481 e. The zero-order valence-electron chi connectivity index (χ0n) is 10.9. The van der Waals surface area contributed by atoms with Gasteiger partial charge in [-0.2, -0.15) is 4.31 Å². The minimum Gasteiger partial charge on any atom is -0.481 e. The lowest BCUT2D eigenvalue weighted by Gasteiger charge is -2.40. The molecule has 1 aromatic rings. The number of nitrogens with zero attached hydrogens (tertiary/aromatic N) is 1. The van der Waals surface area contributed by atoms with Crippen LogP contribution in [0.4, 0.5) is 8.78 Å². The van der Waals surface area contributed by atoms with Gasteiger partial charge in [-0.15, -0.1) is 0 Å². The van der Waals surface area contributed by atoms with Crippen LogP contribution >= 0.6 is 15.9 Å². The summed E-state index contributed by atoms with van der Waals surface area (Å²) in [4.78, 5) is 10.2. The van der Waals surface area contributed by atoms with Crippen LogP contribution in [0.1, 0.15) is 6.92 Å². The molecule has 1 atom stereocenters. The monoisotopic (exact) mass is 383 g/mol. The van der Waals surface area contributed by atoms with E-state index < -0.39 is 38.4 Å². The van der Waals surface area contributed by atoms with E-state index >= 15 is 0 Å². The van der Waals surface area contributed by atoms with Crippen molar-refractivity contribution in [2.24, 2.45) is 11.8 Å². The molecule has 0 saturated carbocycles. The number of rotatable bonds is 4. The number of aliphatic carboxylic acids is 1. The Morgan fingerprint density at radius 1 is 1.43 bits per heavy atom. The highest BCUT2D eigenvalue weighted by Gasteiger charge is 2.42. The second-order valence-electron chi connectivity index (χ2n) is 4.91. The second-order valence-corrected chi connectivity index (χ2v) is 7.64. The Hall–Kier alpha value is -1.06. The first kappa shape index (κ1) is 16.3. The Bertz CT molecular complexity index is 665. The molecule has 1 saturated heterocycles. The summed E-state index contributed by atoms with van der Waals surface area (Å²) < 4.78 is 52.1. The van der Waals surface area contributed by atoms with Gasteiger partial charge in [-0.1, -0.05) is 6.92 Å². The molecule has 1 unspecified atom stereocenters. The van der Waals surface area contributed by atoms with Gasteiger partial charge in [-0.05, 0) is 27.9 Å². The van der Waals surface area contributed by atoms with Gasteiger partial charge in [-0.3, -0.25) is 4.79 Å². The average molecular weight is 384 g/mol. The highest BCUT2D eigenvalue weighted by atomic mass is 79.9. The van der Waals surface area contributed by atoms with Gasteiger partial charge < -0.3 is 5.11 Å². The third-order valence-electron chi connectivity index (χ3n) is 3.53. The lowest BCUT2D eigenvalue weighted by Crippen LogP contribution is -2.53. The number of hydrogen-bond acceptors (Lipinski definition) is 3. The van der Waals surface area contributed by atoms with Gasteiger partial charge in [0.2, 0.25) is 10.0 Å². The second kappa shape index (κ2) is 5.62. The Balaban J connectivity index is 2.24. The number of carbonyl (C=O) groups is 1. The molecule has 1 N–H and O–H groups in total. The fourth-order valence-electron chi connectivity index (χ4n) is 2.09. The van der Waals surface area contributed by atoms with Crippen LogP contribution in [0, 0.1) is 23.5 Å². The van der Waals surface area contributed by atoms with Crippen molar-refractivity contribution in [3.63, 3.8) is 0 Å². The van der Waals surface area contributed by atoms with Gasteiger partial charge in [0.25, 0.3) is 0 Å². The number of carboxylic acids is 1. The van der Waals surface area contributed by atoms with Gasteiger partial charge in [0.1, 0.15) is 16.5 Å². The van der Waals surface area contributed by atoms with Crippen molar-refractivity contribution in [1.29, 1.82) is 0 Å². The first-order valence-corrected chi connectivity index (χ1v) is 8.25. The SMILES string of the molecule is CC(C(=O)O)C1CN(S(=O)(=O)c2c(F)cc(F)cc2Br)C1. The maximum Gasteiger partial charge on any atom is 0.306 e. The smallest absolute Gasteiger partial charge is 0.306 e. The molecule has 0 amide bonds. The maximum atomic E-state index is 13.7. The summed E-state index contributed by atoms with van der Waals surface area (Å²) in [5.74, 6) is -4.08. The Labute approximate surface area is 128 Å². The van der Waals surface area contributed by atoms with Crippen LogP contribution in [0.2, 0.25) is 0 Å². The minimum atomic E-state index is -4.12. The fraction of sp³-hybridized carbons (Fsp3) is 0.417. The number of benzene rings is 1. The van der Waals surface area contributed by atoms with Crippen LogP contribution in [0.25, 0.3) is 0 Å². The van der Waals surface area contributed by atoms with Gasteiger partial charge in [-0.25, -0.2) is 17.2 Å². The average Bonchev–Trinajstić information content (AvgIpc) is 2.23. The van der Waals surface area contributed by atoms with Crippen LogP contribution in [-0.4, -0.2) is 36.9 Å². The van der Waals surface area contributed by atoms with Gasteiger partial charge in [0.15, 0.2) is 0 Å². The molecule has 9 heteroatoms. The maximum absolute atomic E-state index is 13.7. The summed E-state index contributed by atoms with van der Waals surface area (Å²) in [6.45, 7) is 1.49. The van der Waals surface area contributed by atoms with E-state index in [9.17, 15) is 22.0 Å². The third kappa shape index (κ3) is 2.95. The molecule has 0 spiro atoms. The van der Waals surface area contributed by atoms with Crippen molar-refractivity contribution in [3.8, 4) is 0 Å². The molecular weight excluding hydrogens is 372 g/mol. The van der Waals surface area contributed by atoms with E-state index in [1.54, 1.807) is 0 Å². The molecule has 1 aliphatic rings. The van der Waals surface area contributed by atoms with E-state index in [1.807, 2.05) is 0 Å². The molecule has 1 aliphatic heterocycles. The topological polar surface area (TPSA) is 74.7 Å². The van der Waals surface area contributed by atoms with Gasteiger partial charge in [0, 0.05) is 23.6 Å². The first-order valence-electron chi connectivity index (χ1n) is 6.02. The summed E-state index contributed by atoms with van der Waals surface area (Å²) in [6, 6.07) is 1.36. The predicted molar refractivity (Wildman–Crippen MR) is 73.1 cm³/mol. The van der Waals surface area contributed by atoms with Gasteiger partial charge >= 0.3 is 5.97 Å². The number of hydrogen-bond donors (Lipinski definition) is 1. The number of halogens is 3. The standard InChI is InChI=1S/C12H12BrF2NO4S/c1-6(12(17)18)7-4-16(5-7)21(19,20)11-9(13)2-8(14)3-10(11)15/h2-3,6-7H,4-5H2,1H3,(H,17,18). The number of sulfonamides is 1. The quantitative estimate of drug-likeness (QED) is 0.863. The van der Waals surface area contributed by atoms with Crippen LogP contribution in [-0.2, 0) is 14.8 Å². The van der Waals surface area contributed by atoms with E-state index in [-0.39, 0.29) is 23.5 Å². The molecule has 0 radical (unpaired) electrons. The molecule has 5 nitrogen and oxygen atoms in total. The van der Waals surface area contributed by atoms with Gasteiger partial charge in [0.05, 0.1) is 5.92 Å². The highest BCUT2D eigenvalue weighted by molar-refractivity contribution is 9.10. The van der Waals surface area contributed by atoms with Crippen molar-refractivity contribution in [1.82, 2.24) is 4.31 Å². The Kier molecular flexibility index (Phi) is 4.36. The fourth-order valence-corrected chi connectivity index (χ4v) is 4.75. The molecule has 0 aliphatic carbocycles. The molecule has 116 valence electrons. The summed E-state index contributed by atoms with van der Waals surface area (Å²) >= 11 is 2.84. The van der Waals surface area contributed by atoms with Crippen molar-refractivity contribution in [2.45, 2.75) is 11.8 Å². The Morgan fingerprint density at radius 2 is 2.00 bits per heavy atom. The zero-order valence-corrected chi connectivity index (χ0v) is 13.3. The predicted octanol–water partition coefficient (Wildman–Crippen LogP) is 2.07. The van der Waals surface area contributed by atoms with Crippen LogP contribution in [0.5, 0.6) is 0 Å². The summed E-state index contributed by atoms with van der Waals surface area (Å²) in [5.41, 5.74) is 0. The lowest BCUT2D eigenvalue weighted by atomic mass is 9.89. The minimum absolute atomic E-state index is 0.000936. The molecule has 1 heterocycles. The van der Waals surface area contributed by atoms with Crippen molar-refractivity contribution < 1.29 is 27.1 Å². The molecule has 1 aromatic carbocycles. The van der Waals surface area contributed by atoms with Crippen LogP contribution < -0.4 is 0 Å². The van der Waals surface area contributed by atoms with Crippen molar-refractivity contribution in [2.75, 3.05) is 13.1 Å². The van der Waals surface area contributed by atoms with E-state index in [0.29, 0.717) is 6.07 Å². The molecular formula is C12H12BrF2NO4S. The summed E-state index contributed by atoms with van der Waals surface area (Å²) in [5, 5.41) is 8.87. The van der Waals surface area contributed by atoms with E-state index in [1.165, 1.54) is 6.92 Å². The summed E-state index contributed by atoms with van der Waals surface area (Å²) in [6.07, 6.45) is 0. The summed E-state index contributed by atoms with van der Waals surface area (Å²) in [7, 11) is -4.12. The third-order valence-corrected chi connectivity index (χ3v) is 6.33.